The number of aryl methyl sites for hydroxylation is 1. The molecule has 2 rings (SSSR count). The number of hydrogen-bond donors (Lipinski definition) is 0. The van der Waals surface area contributed by atoms with Crippen LogP contribution in [0.5, 0.6) is 0 Å². The number of nitrogens with zero attached hydrogens (tertiary/aromatic N) is 3. The van der Waals surface area contributed by atoms with Crippen LogP contribution in [0.2, 0.25) is 0 Å². The number of aromatic nitrogens is 3. The zero-order valence-electron chi connectivity index (χ0n) is 7.11. The maximum atomic E-state index is 4.24. The molecule has 0 radical (unpaired) electrons. The summed E-state index contributed by atoms with van der Waals surface area (Å²) in [5.41, 5.74) is 3.04. The molecule has 66 valence electrons. The van der Waals surface area contributed by atoms with Gasteiger partial charge in [-0.2, -0.15) is 0 Å². The van der Waals surface area contributed by atoms with Crippen molar-refractivity contribution < 1.29 is 0 Å². The lowest BCUT2D eigenvalue weighted by Gasteiger charge is -1.95. The Balaban J connectivity index is 2.46. The van der Waals surface area contributed by atoms with Gasteiger partial charge in [-0.1, -0.05) is 0 Å². The fourth-order valence-corrected chi connectivity index (χ4v) is 1.50. The van der Waals surface area contributed by atoms with Gasteiger partial charge in [-0.05, 0) is 24.6 Å². The third-order valence-electron chi connectivity index (χ3n) is 1.73. The molecular formula is C9H8IN3. The number of pyridine rings is 1. The average molecular weight is 285 g/mol. The third-order valence-corrected chi connectivity index (χ3v) is 2.26. The Hall–Kier alpha value is -0.910. The van der Waals surface area contributed by atoms with Gasteiger partial charge in [-0.25, -0.2) is 4.98 Å². The van der Waals surface area contributed by atoms with Crippen LogP contribution in [0.4, 0.5) is 0 Å². The topological polar surface area (TPSA) is 30.7 Å². The van der Waals surface area contributed by atoms with Crippen molar-refractivity contribution in [1.82, 2.24) is 12.7 Å². The standard InChI is InChI=1S/C9H8IN3/c1-7-2-3-11-8(4-7)9-5-13(10)6-12-9/h2-6H,1H3. The molecular weight excluding hydrogens is 277 g/mol. The van der Waals surface area contributed by atoms with Crippen LogP contribution in [-0.2, 0) is 0 Å². The van der Waals surface area contributed by atoms with E-state index in [4.69, 9.17) is 0 Å². The summed E-state index contributed by atoms with van der Waals surface area (Å²) < 4.78 is 1.89. The van der Waals surface area contributed by atoms with E-state index in [1.807, 2.05) is 28.0 Å². The van der Waals surface area contributed by atoms with E-state index in [9.17, 15) is 0 Å². The molecule has 0 aliphatic carbocycles. The van der Waals surface area contributed by atoms with Crippen molar-refractivity contribution in [3.8, 4) is 11.4 Å². The summed E-state index contributed by atoms with van der Waals surface area (Å²) >= 11 is 2.16. The molecule has 4 heteroatoms. The number of hydrogen-bond acceptors (Lipinski definition) is 2. The highest BCUT2D eigenvalue weighted by Crippen LogP contribution is 2.15. The lowest BCUT2D eigenvalue weighted by atomic mass is 10.2. The van der Waals surface area contributed by atoms with E-state index in [1.54, 1.807) is 12.5 Å². The van der Waals surface area contributed by atoms with Gasteiger partial charge in [0.1, 0.15) is 12.0 Å². The van der Waals surface area contributed by atoms with Crippen molar-refractivity contribution in [2.24, 2.45) is 0 Å². The summed E-state index contributed by atoms with van der Waals surface area (Å²) in [6.45, 7) is 2.05. The summed E-state index contributed by atoms with van der Waals surface area (Å²) in [4.78, 5) is 8.46. The van der Waals surface area contributed by atoms with E-state index < -0.39 is 0 Å². The Kier molecular flexibility index (Phi) is 2.30. The van der Waals surface area contributed by atoms with E-state index in [2.05, 4.69) is 32.8 Å². The highest BCUT2D eigenvalue weighted by Gasteiger charge is 2.01. The highest BCUT2D eigenvalue weighted by atomic mass is 127. The number of imidazole rings is 1. The zero-order valence-corrected chi connectivity index (χ0v) is 9.26. The molecule has 0 aromatic carbocycles. The van der Waals surface area contributed by atoms with E-state index in [1.165, 1.54) is 5.56 Å². The third kappa shape index (κ3) is 1.88. The molecule has 0 aliphatic heterocycles. The first-order chi connectivity index (χ1) is 6.25. The van der Waals surface area contributed by atoms with E-state index in [0.29, 0.717) is 0 Å². The van der Waals surface area contributed by atoms with Crippen molar-refractivity contribution in [1.29, 1.82) is 0 Å². The Morgan fingerprint density at radius 2 is 2.15 bits per heavy atom. The Labute approximate surface area is 90.3 Å². The molecule has 0 amide bonds. The van der Waals surface area contributed by atoms with E-state index >= 15 is 0 Å². The van der Waals surface area contributed by atoms with Crippen LogP contribution < -0.4 is 0 Å². The first-order valence-corrected chi connectivity index (χ1v) is 4.85. The molecule has 0 saturated heterocycles. The van der Waals surface area contributed by atoms with Crippen molar-refractivity contribution >= 4 is 22.9 Å². The molecule has 0 saturated carbocycles. The van der Waals surface area contributed by atoms with Crippen LogP contribution in [0.1, 0.15) is 5.56 Å². The van der Waals surface area contributed by atoms with Crippen LogP contribution in [0.25, 0.3) is 11.4 Å². The predicted octanol–water partition coefficient (Wildman–Crippen LogP) is 2.45. The Morgan fingerprint density at radius 1 is 1.31 bits per heavy atom. The molecule has 0 unspecified atom stereocenters. The molecule has 2 aromatic rings. The fraction of sp³-hybridized carbons (Fsp3) is 0.111. The molecule has 2 aromatic heterocycles. The molecule has 0 bridgehead atoms. The molecule has 0 N–H and O–H groups in total. The highest BCUT2D eigenvalue weighted by molar-refractivity contribution is 14.1. The SMILES string of the molecule is Cc1ccnc(-c2cn(I)cn2)c1. The largest absolute Gasteiger partial charge is 0.278 e. The van der Waals surface area contributed by atoms with E-state index in [0.717, 1.165) is 11.4 Å². The summed E-state index contributed by atoms with van der Waals surface area (Å²) in [6.07, 6.45) is 5.51. The maximum Gasteiger partial charge on any atom is 0.107 e. The second-order valence-corrected chi connectivity index (χ2v) is 3.94. The van der Waals surface area contributed by atoms with Crippen molar-refractivity contribution in [3.63, 3.8) is 0 Å². The van der Waals surface area contributed by atoms with Gasteiger partial charge in [0.2, 0.25) is 0 Å². The number of rotatable bonds is 1. The molecule has 3 nitrogen and oxygen atoms in total. The van der Waals surface area contributed by atoms with Crippen molar-refractivity contribution in [2.45, 2.75) is 6.92 Å². The predicted molar refractivity (Wildman–Crippen MR) is 59.6 cm³/mol. The summed E-state index contributed by atoms with van der Waals surface area (Å²) in [7, 11) is 0. The van der Waals surface area contributed by atoms with Crippen LogP contribution in [0.15, 0.2) is 30.9 Å². The van der Waals surface area contributed by atoms with E-state index in [-0.39, 0.29) is 0 Å². The lowest BCUT2D eigenvalue weighted by Crippen LogP contribution is -1.83. The maximum absolute atomic E-state index is 4.24. The van der Waals surface area contributed by atoms with Gasteiger partial charge >= 0.3 is 0 Å². The zero-order chi connectivity index (χ0) is 9.26. The summed E-state index contributed by atoms with van der Waals surface area (Å²) in [6, 6.07) is 4.00. The van der Waals surface area contributed by atoms with Gasteiger partial charge in [-0.3, -0.25) is 7.76 Å². The Bertz CT molecular complexity index is 422. The monoisotopic (exact) mass is 285 g/mol. The van der Waals surface area contributed by atoms with Crippen LogP contribution in [0.3, 0.4) is 0 Å². The molecule has 2 heterocycles. The Morgan fingerprint density at radius 3 is 2.77 bits per heavy atom. The van der Waals surface area contributed by atoms with Gasteiger partial charge in [0.05, 0.1) is 28.6 Å². The molecule has 0 spiro atoms. The number of halogens is 1. The molecule has 0 fully saturated rings. The molecule has 0 aliphatic rings. The van der Waals surface area contributed by atoms with Gasteiger partial charge in [0.25, 0.3) is 0 Å². The van der Waals surface area contributed by atoms with Crippen molar-refractivity contribution in [2.75, 3.05) is 0 Å². The average Bonchev–Trinajstić information content (AvgIpc) is 2.52. The molecule has 0 atom stereocenters. The quantitative estimate of drug-likeness (QED) is 0.753. The summed E-state index contributed by atoms with van der Waals surface area (Å²) in [5, 5.41) is 0. The smallest absolute Gasteiger partial charge is 0.107 e. The second kappa shape index (κ2) is 3.45. The van der Waals surface area contributed by atoms with Gasteiger partial charge in [0, 0.05) is 12.4 Å². The molecule has 13 heavy (non-hydrogen) atoms. The van der Waals surface area contributed by atoms with Crippen molar-refractivity contribution in [3.05, 3.63) is 36.4 Å². The minimum atomic E-state index is 0.915. The van der Waals surface area contributed by atoms with Gasteiger partial charge in [0.15, 0.2) is 0 Å². The van der Waals surface area contributed by atoms with Crippen LogP contribution in [-0.4, -0.2) is 12.7 Å². The minimum absolute atomic E-state index is 0.915. The normalized spacial score (nSPS) is 10.3. The van der Waals surface area contributed by atoms with Gasteiger partial charge in [-0.15, -0.1) is 0 Å². The second-order valence-electron chi connectivity index (χ2n) is 2.82. The van der Waals surface area contributed by atoms with Crippen LogP contribution in [0, 0.1) is 6.92 Å². The fourth-order valence-electron chi connectivity index (χ4n) is 1.11. The lowest BCUT2D eigenvalue weighted by molar-refractivity contribution is 1.25. The first-order valence-electron chi connectivity index (χ1n) is 3.89. The first kappa shape index (κ1) is 8.68. The summed E-state index contributed by atoms with van der Waals surface area (Å²) in [5.74, 6) is 0. The minimum Gasteiger partial charge on any atom is -0.278 e. The van der Waals surface area contributed by atoms with Gasteiger partial charge < -0.3 is 0 Å². The van der Waals surface area contributed by atoms with Crippen LogP contribution >= 0.6 is 22.9 Å².